The summed E-state index contributed by atoms with van der Waals surface area (Å²) in [6, 6.07) is 1.03. The number of piperazine rings is 1. The highest BCUT2D eigenvalue weighted by Gasteiger charge is 2.27. The molecule has 0 bridgehead atoms. The second-order valence-corrected chi connectivity index (χ2v) is 6.59. The van der Waals surface area contributed by atoms with Crippen molar-refractivity contribution < 1.29 is 18.7 Å². The molecule has 0 saturated carbocycles. The molecule has 8 heteroatoms. The third-order valence-corrected chi connectivity index (χ3v) is 4.61. The second-order valence-electron chi connectivity index (χ2n) is 6.59. The van der Waals surface area contributed by atoms with Gasteiger partial charge in [-0.3, -0.25) is 4.79 Å². The molecule has 1 atom stereocenters. The van der Waals surface area contributed by atoms with Crippen molar-refractivity contribution in [3.63, 3.8) is 0 Å². The lowest BCUT2D eigenvalue weighted by Crippen LogP contribution is -2.49. The molecule has 2 heterocycles. The van der Waals surface area contributed by atoms with E-state index >= 15 is 4.39 Å². The number of carboxylic acid groups (broad SMARTS) is 1. The van der Waals surface area contributed by atoms with Crippen LogP contribution in [-0.2, 0) is 6.54 Å². The van der Waals surface area contributed by atoms with E-state index < -0.39 is 28.6 Å². The van der Waals surface area contributed by atoms with Crippen LogP contribution in [0.5, 0.6) is 0 Å². The Bertz CT molecular complexity index is 926. The number of carboxylic acids is 1. The Morgan fingerprint density at radius 1 is 1.42 bits per heavy atom. The first-order valence-corrected chi connectivity index (χ1v) is 8.61. The van der Waals surface area contributed by atoms with Crippen molar-refractivity contribution in [2.75, 3.05) is 24.5 Å². The summed E-state index contributed by atoms with van der Waals surface area (Å²) < 4.78 is 31.4. The van der Waals surface area contributed by atoms with Gasteiger partial charge in [0.25, 0.3) is 0 Å². The maximum Gasteiger partial charge on any atom is 0.341 e. The molecule has 2 N–H and O–H groups in total. The summed E-state index contributed by atoms with van der Waals surface area (Å²) in [5.74, 6) is -3.09. The van der Waals surface area contributed by atoms with Gasteiger partial charge < -0.3 is 19.9 Å². The van der Waals surface area contributed by atoms with Crippen LogP contribution in [0.1, 0.15) is 30.6 Å². The van der Waals surface area contributed by atoms with E-state index in [1.54, 1.807) is 4.90 Å². The van der Waals surface area contributed by atoms with Crippen molar-refractivity contribution in [1.82, 2.24) is 9.88 Å². The van der Waals surface area contributed by atoms with Gasteiger partial charge >= 0.3 is 5.97 Å². The largest absolute Gasteiger partial charge is 0.477 e. The number of nitrogens with one attached hydrogen (secondary N) is 1. The Labute approximate surface area is 149 Å². The van der Waals surface area contributed by atoms with Crippen molar-refractivity contribution in [2.24, 2.45) is 0 Å². The highest BCUT2D eigenvalue weighted by atomic mass is 19.1. The zero-order valence-electron chi connectivity index (χ0n) is 14.7. The average Bonchev–Trinajstić information content (AvgIpc) is 2.57. The number of aromatic carboxylic acids is 1. The molecule has 0 aliphatic carbocycles. The minimum absolute atomic E-state index is 0.0514. The lowest BCUT2D eigenvalue weighted by atomic mass is 10.1. The molecular weight excluding hydrogens is 344 g/mol. The van der Waals surface area contributed by atoms with Crippen molar-refractivity contribution in [1.29, 1.82) is 0 Å². The van der Waals surface area contributed by atoms with Gasteiger partial charge in [0, 0.05) is 38.4 Å². The number of rotatable bonds is 4. The van der Waals surface area contributed by atoms with E-state index in [4.69, 9.17) is 0 Å². The Kier molecular flexibility index (Phi) is 4.95. The van der Waals surface area contributed by atoms with Gasteiger partial charge in [-0.25, -0.2) is 13.6 Å². The van der Waals surface area contributed by atoms with E-state index in [0.717, 1.165) is 12.3 Å². The molecule has 1 unspecified atom stereocenters. The van der Waals surface area contributed by atoms with E-state index in [-0.39, 0.29) is 22.6 Å². The number of anilines is 1. The molecular formula is C18H21F2N3O3. The zero-order chi connectivity index (χ0) is 19.0. The third-order valence-electron chi connectivity index (χ3n) is 4.61. The van der Waals surface area contributed by atoms with Crippen LogP contribution in [-0.4, -0.2) is 41.3 Å². The fraction of sp³-hybridized carbons (Fsp3) is 0.444. The van der Waals surface area contributed by atoms with Crippen LogP contribution in [0.3, 0.4) is 0 Å². The minimum atomic E-state index is -1.41. The number of benzene rings is 1. The van der Waals surface area contributed by atoms with Gasteiger partial charge in [0.05, 0.1) is 10.9 Å². The Morgan fingerprint density at radius 2 is 2.15 bits per heavy atom. The predicted octanol–water partition coefficient (Wildman–Crippen LogP) is 2.19. The number of pyridine rings is 1. The third kappa shape index (κ3) is 3.05. The van der Waals surface area contributed by atoms with E-state index in [1.807, 2.05) is 13.8 Å². The van der Waals surface area contributed by atoms with Gasteiger partial charge in [0.1, 0.15) is 17.1 Å². The van der Waals surface area contributed by atoms with Crippen LogP contribution >= 0.6 is 0 Å². The Balaban J connectivity index is 2.31. The fourth-order valence-corrected chi connectivity index (χ4v) is 3.47. The van der Waals surface area contributed by atoms with Crippen molar-refractivity contribution >= 4 is 22.6 Å². The summed E-state index contributed by atoms with van der Waals surface area (Å²) in [6.07, 6.45) is 1.75. The molecule has 1 aromatic carbocycles. The number of aromatic nitrogens is 1. The molecule has 1 fully saturated rings. The van der Waals surface area contributed by atoms with Crippen LogP contribution in [0, 0.1) is 11.6 Å². The molecule has 3 rings (SSSR count). The molecule has 1 aromatic heterocycles. The topological polar surface area (TPSA) is 74.6 Å². The number of fused-ring (bicyclic) bond motifs is 1. The summed E-state index contributed by atoms with van der Waals surface area (Å²) in [6.45, 7) is 5.56. The summed E-state index contributed by atoms with van der Waals surface area (Å²) in [5, 5.41) is 12.2. The molecule has 2 aromatic rings. The maximum atomic E-state index is 15.3. The SMILES string of the molecule is CCCn1cc(C(=O)O)c(=O)c2cc(F)c(N3CCNC(C)C3)c(F)c21. The molecule has 0 amide bonds. The molecule has 1 aliphatic heterocycles. The first-order valence-electron chi connectivity index (χ1n) is 8.61. The number of halogens is 2. The van der Waals surface area contributed by atoms with Gasteiger partial charge in [-0.05, 0) is 19.4 Å². The van der Waals surface area contributed by atoms with Crippen LogP contribution < -0.4 is 15.6 Å². The normalized spacial score (nSPS) is 17.7. The highest BCUT2D eigenvalue weighted by Crippen LogP contribution is 2.30. The summed E-state index contributed by atoms with van der Waals surface area (Å²) >= 11 is 0. The first-order chi connectivity index (χ1) is 12.3. The lowest BCUT2D eigenvalue weighted by molar-refractivity contribution is 0.0694. The molecule has 1 saturated heterocycles. The number of hydrogen-bond acceptors (Lipinski definition) is 4. The van der Waals surface area contributed by atoms with Gasteiger partial charge in [-0.2, -0.15) is 0 Å². The van der Waals surface area contributed by atoms with Crippen molar-refractivity contribution in [3.05, 3.63) is 39.7 Å². The second kappa shape index (κ2) is 7.03. The number of hydrogen-bond donors (Lipinski definition) is 2. The minimum Gasteiger partial charge on any atom is -0.477 e. The summed E-state index contributed by atoms with van der Waals surface area (Å²) in [5.41, 5.74) is -1.59. The molecule has 0 spiro atoms. The van der Waals surface area contributed by atoms with Gasteiger partial charge in [-0.15, -0.1) is 0 Å². The monoisotopic (exact) mass is 365 g/mol. The average molecular weight is 365 g/mol. The Hall–Kier alpha value is -2.48. The zero-order valence-corrected chi connectivity index (χ0v) is 14.7. The number of carbonyl (C=O) groups is 1. The standard InChI is InChI=1S/C18H21F2N3O3/c1-3-5-22-9-12(18(25)26)17(24)11-7-13(19)16(14(20)15(11)22)23-6-4-21-10(2)8-23/h7,9-10,21H,3-6,8H2,1-2H3,(H,25,26). The maximum absolute atomic E-state index is 15.3. The molecule has 0 radical (unpaired) electrons. The summed E-state index contributed by atoms with van der Waals surface area (Å²) in [7, 11) is 0. The lowest BCUT2D eigenvalue weighted by Gasteiger charge is -2.34. The predicted molar refractivity (Wildman–Crippen MR) is 95.1 cm³/mol. The van der Waals surface area contributed by atoms with E-state index in [9.17, 15) is 19.1 Å². The fourth-order valence-electron chi connectivity index (χ4n) is 3.47. The number of nitrogens with zero attached hydrogens (tertiary/aromatic N) is 2. The van der Waals surface area contributed by atoms with Gasteiger partial charge in [0.15, 0.2) is 5.82 Å². The van der Waals surface area contributed by atoms with Crippen LogP contribution in [0.25, 0.3) is 10.9 Å². The molecule has 6 nitrogen and oxygen atoms in total. The smallest absolute Gasteiger partial charge is 0.341 e. The molecule has 26 heavy (non-hydrogen) atoms. The Morgan fingerprint density at radius 3 is 2.77 bits per heavy atom. The van der Waals surface area contributed by atoms with E-state index in [2.05, 4.69) is 5.32 Å². The van der Waals surface area contributed by atoms with Crippen molar-refractivity contribution in [3.8, 4) is 0 Å². The van der Waals surface area contributed by atoms with Crippen LogP contribution in [0.2, 0.25) is 0 Å². The quantitative estimate of drug-likeness (QED) is 0.869. The first kappa shape index (κ1) is 18.3. The van der Waals surface area contributed by atoms with E-state index in [0.29, 0.717) is 32.6 Å². The highest BCUT2D eigenvalue weighted by molar-refractivity contribution is 5.93. The van der Waals surface area contributed by atoms with Crippen molar-refractivity contribution in [2.45, 2.75) is 32.9 Å². The van der Waals surface area contributed by atoms with Gasteiger partial charge in [0.2, 0.25) is 5.43 Å². The summed E-state index contributed by atoms with van der Waals surface area (Å²) in [4.78, 5) is 25.4. The van der Waals surface area contributed by atoms with Crippen LogP contribution in [0.4, 0.5) is 14.5 Å². The van der Waals surface area contributed by atoms with E-state index in [1.165, 1.54) is 4.57 Å². The van der Waals surface area contributed by atoms with Gasteiger partial charge in [-0.1, -0.05) is 6.92 Å². The molecule has 1 aliphatic rings. The van der Waals surface area contributed by atoms with Crippen LogP contribution in [0.15, 0.2) is 17.1 Å². The number of aryl methyl sites for hydroxylation is 1. The molecule has 140 valence electrons.